The van der Waals surface area contributed by atoms with Gasteiger partial charge in [0.2, 0.25) is 0 Å². The van der Waals surface area contributed by atoms with Crippen molar-refractivity contribution in [3.63, 3.8) is 0 Å². The second kappa shape index (κ2) is 8.37. The Bertz CT molecular complexity index is 776. The Morgan fingerprint density at radius 2 is 1.79 bits per heavy atom. The van der Waals surface area contributed by atoms with E-state index in [4.69, 9.17) is 21.1 Å². The van der Waals surface area contributed by atoms with Crippen LogP contribution in [0, 0.1) is 0 Å². The first-order valence-corrected chi connectivity index (χ1v) is 9.26. The summed E-state index contributed by atoms with van der Waals surface area (Å²) in [6, 6.07) is 11.5. The minimum absolute atomic E-state index is 0.199. The molecule has 0 heterocycles. The zero-order valence-corrected chi connectivity index (χ0v) is 15.2. The summed E-state index contributed by atoms with van der Waals surface area (Å²) in [5.74, 6) is 0.486. The number of hydrogen-bond acceptors (Lipinski definition) is 4. The molecule has 0 fully saturated rings. The van der Waals surface area contributed by atoms with Crippen LogP contribution < -0.4 is 9.46 Å². The van der Waals surface area contributed by atoms with Crippen molar-refractivity contribution in [2.24, 2.45) is 0 Å². The first kappa shape index (κ1) is 18.6. The highest BCUT2D eigenvalue weighted by molar-refractivity contribution is 7.92. The summed E-state index contributed by atoms with van der Waals surface area (Å²) in [6.45, 7) is 0.680. The number of ether oxygens (including phenoxy) is 2. The fourth-order valence-electron chi connectivity index (χ4n) is 2.20. The van der Waals surface area contributed by atoms with Crippen LogP contribution in [0.15, 0.2) is 47.4 Å². The molecule has 130 valence electrons. The van der Waals surface area contributed by atoms with Gasteiger partial charge in [0.25, 0.3) is 10.0 Å². The molecule has 0 aliphatic rings. The Morgan fingerprint density at radius 1 is 1.08 bits per heavy atom. The summed E-state index contributed by atoms with van der Waals surface area (Å²) < 4.78 is 37.4. The number of anilines is 1. The maximum atomic E-state index is 12.4. The third-order valence-corrected chi connectivity index (χ3v) is 5.14. The van der Waals surface area contributed by atoms with Gasteiger partial charge in [0.05, 0.1) is 22.7 Å². The molecule has 0 aromatic heterocycles. The molecule has 0 aliphatic carbocycles. The number of rotatable bonds is 8. The van der Waals surface area contributed by atoms with Crippen LogP contribution in [-0.2, 0) is 21.2 Å². The molecule has 5 nitrogen and oxygen atoms in total. The van der Waals surface area contributed by atoms with Gasteiger partial charge in [-0.05, 0) is 48.7 Å². The minimum atomic E-state index is -3.67. The number of aryl methyl sites for hydroxylation is 1. The van der Waals surface area contributed by atoms with Crippen LogP contribution in [0.25, 0.3) is 0 Å². The SMILES string of the molecule is COCCCc1ccc(S(=O)(=O)Nc2ccc(OC)c(Cl)c2)cc1. The molecular weight excluding hydrogens is 350 g/mol. The largest absolute Gasteiger partial charge is 0.495 e. The summed E-state index contributed by atoms with van der Waals surface area (Å²) >= 11 is 6.02. The molecule has 0 amide bonds. The van der Waals surface area contributed by atoms with Crippen molar-refractivity contribution in [1.82, 2.24) is 0 Å². The summed E-state index contributed by atoms with van der Waals surface area (Å²) in [4.78, 5) is 0.199. The van der Waals surface area contributed by atoms with Crippen LogP contribution in [0.5, 0.6) is 5.75 Å². The molecule has 1 N–H and O–H groups in total. The second-order valence-corrected chi connectivity index (χ2v) is 7.28. The van der Waals surface area contributed by atoms with E-state index in [1.807, 2.05) is 12.1 Å². The smallest absolute Gasteiger partial charge is 0.261 e. The Kier molecular flexibility index (Phi) is 6.48. The highest BCUT2D eigenvalue weighted by Gasteiger charge is 2.15. The molecule has 0 radical (unpaired) electrons. The number of benzene rings is 2. The van der Waals surface area contributed by atoms with E-state index in [1.165, 1.54) is 13.2 Å². The second-order valence-electron chi connectivity index (χ2n) is 5.20. The minimum Gasteiger partial charge on any atom is -0.495 e. The van der Waals surface area contributed by atoms with Crippen molar-refractivity contribution in [2.75, 3.05) is 25.5 Å². The van der Waals surface area contributed by atoms with Crippen molar-refractivity contribution >= 4 is 27.3 Å². The van der Waals surface area contributed by atoms with Gasteiger partial charge in [-0.2, -0.15) is 0 Å². The Labute approximate surface area is 147 Å². The molecule has 0 saturated carbocycles. The van der Waals surface area contributed by atoms with Crippen LogP contribution in [0.2, 0.25) is 5.02 Å². The molecule has 2 aromatic rings. The summed E-state index contributed by atoms with van der Waals surface area (Å²) in [5, 5.41) is 0.339. The zero-order valence-electron chi connectivity index (χ0n) is 13.6. The maximum absolute atomic E-state index is 12.4. The zero-order chi connectivity index (χ0) is 17.6. The van der Waals surface area contributed by atoms with Gasteiger partial charge in [0.15, 0.2) is 0 Å². The monoisotopic (exact) mass is 369 g/mol. The van der Waals surface area contributed by atoms with Crippen LogP contribution in [-0.4, -0.2) is 29.2 Å². The Hall–Kier alpha value is -1.76. The lowest BCUT2D eigenvalue weighted by Crippen LogP contribution is -2.13. The highest BCUT2D eigenvalue weighted by atomic mass is 35.5. The average Bonchev–Trinajstić information content (AvgIpc) is 2.55. The standard InChI is InChI=1S/C17H20ClNO4S/c1-22-11-3-4-13-5-8-15(9-6-13)24(20,21)19-14-7-10-17(23-2)16(18)12-14/h5-10,12,19H,3-4,11H2,1-2H3. The molecular formula is C17H20ClNO4S. The molecule has 0 unspecified atom stereocenters. The summed E-state index contributed by atoms with van der Waals surface area (Å²) in [6.07, 6.45) is 1.74. The summed E-state index contributed by atoms with van der Waals surface area (Å²) in [7, 11) is -0.507. The van der Waals surface area contributed by atoms with Crippen molar-refractivity contribution < 1.29 is 17.9 Å². The van der Waals surface area contributed by atoms with Crippen LogP contribution >= 0.6 is 11.6 Å². The van der Waals surface area contributed by atoms with Crippen LogP contribution in [0.3, 0.4) is 0 Å². The number of halogens is 1. The van der Waals surface area contributed by atoms with Gasteiger partial charge in [-0.15, -0.1) is 0 Å². The molecule has 0 atom stereocenters. The van der Waals surface area contributed by atoms with Gasteiger partial charge in [-0.3, -0.25) is 4.72 Å². The van der Waals surface area contributed by atoms with E-state index in [0.717, 1.165) is 18.4 Å². The molecule has 0 spiro atoms. The van der Waals surface area contributed by atoms with Crippen LogP contribution in [0.4, 0.5) is 5.69 Å². The predicted octanol–water partition coefficient (Wildman–Crippen LogP) is 3.73. The van der Waals surface area contributed by atoms with Crippen molar-refractivity contribution in [1.29, 1.82) is 0 Å². The van der Waals surface area contributed by atoms with Gasteiger partial charge in [0, 0.05) is 13.7 Å². The Morgan fingerprint density at radius 3 is 2.38 bits per heavy atom. The molecule has 2 rings (SSSR count). The average molecular weight is 370 g/mol. The molecule has 0 saturated heterocycles. The van der Waals surface area contributed by atoms with E-state index in [9.17, 15) is 8.42 Å². The molecule has 2 aromatic carbocycles. The van der Waals surface area contributed by atoms with E-state index in [2.05, 4.69) is 4.72 Å². The quantitative estimate of drug-likeness (QED) is 0.720. The Balaban J connectivity index is 2.11. The van der Waals surface area contributed by atoms with Gasteiger partial charge >= 0.3 is 0 Å². The number of sulfonamides is 1. The number of nitrogens with one attached hydrogen (secondary N) is 1. The lowest BCUT2D eigenvalue weighted by Gasteiger charge is -2.10. The maximum Gasteiger partial charge on any atom is 0.261 e. The third-order valence-electron chi connectivity index (χ3n) is 3.45. The van der Waals surface area contributed by atoms with Gasteiger partial charge < -0.3 is 9.47 Å². The lowest BCUT2D eigenvalue weighted by atomic mass is 10.1. The van der Waals surface area contributed by atoms with E-state index in [0.29, 0.717) is 23.1 Å². The molecule has 24 heavy (non-hydrogen) atoms. The van der Waals surface area contributed by atoms with E-state index in [-0.39, 0.29) is 4.90 Å². The highest BCUT2D eigenvalue weighted by Crippen LogP contribution is 2.28. The summed E-state index contributed by atoms with van der Waals surface area (Å²) in [5.41, 5.74) is 1.45. The van der Waals surface area contributed by atoms with E-state index >= 15 is 0 Å². The molecule has 0 aliphatic heterocycles. The normalized spacial score (nSPS) is 11.3. The molecule has 0 bridgehead atoms. The van der Waals surface area contributed by atoms with Crippen molar-refractivity contribution in [3.8, 4) is 5.75 Å². The number of hydrogen-bond donors (Lipinski definition) is 1. The van der Waals surface area contributed by atoms with Crippen LogP contribution in [0.1, 0.15) is 12.0 Å². The number of methoxy groups -OCH3 is 2. The lowest BCUT2D eigenvalue weighted by molar-refractivity contribution is 0.195. The third kappa shape index (κ3) is 4.87. The van der Waals surface area contributed by atoms with Gasteiger partial charge in [-0.1, -0.05) is 23.7 Å². The van der Waals surface area contributed by atoms with Crippen molar-refractivity contribution in [2.45, 2.75) is 17.7 Å². The fraction of sp³-hybridized carbons (Fsp3) is 0.294. The first-order valence-electron chi connectivity index (χ1n) is 7.40. The van der Waals surface area contributed by atoms with Gasteiger partial charge in [0.1, 0.15) is 5.75 Å². The molecule has 7 heteroatoms. The first-order chi connectivity index (χ1) is 11.5. The fourth-order valence-corrected chi connectivity index (χ4v) is 3.51. The van der Waals surface area contributed by atoms with Crippen molar-refractivity contribution in [3.05, 3.63) is 53.1 Å². The van der Waals surface area contributed by atoms with Gasteiger partial charge in [-0.25, -0.2) is 8.42 Å². The predicted molar refractivity (Wildman–Crippen MR) is 95.5 cm³/mol. The topological polar surface area (TPSA) is 64.6 Å². The van der Waals surface area contributed by atoms with E-state index < -0.39 is 10.0 Å². The van der Waals surface area contributed by atoms with E-state index in [1.54, 1.807) is 31.4 Å².